The fourth-order valence-corrected chi connectivity index (χ4v) is 2.60. The Hall–Kier alpha value is -0.0800. The van der Waals surface area contributed by atoms with E-state index in [9.17, 15) is 0 Å². The van der Waals surface area contributed by atoms with Gasteiger partial charge < -0.3 is 10.4 Å². The van der Waals surface area contributed by atoms with Crippen molar-refractivity contribution in [3.8, 4) is 0 Å². The summed E-state index contributed by atoms with van der Waals surface area (Å²) in [6.45, 7) is 3.28. The van der Waals surface area contributed by atoms with Crippen molar-refractivity contribution < 1.29 is 5.11 Å². The predicted octanol–water partition coefficient (Wildman–Crippen LogP) is 2.32. The van der Waals surface area contributed by atoms with Crippen LogP contribution < -0.4 is 5.32 Å². The first-order chi connectivity index (χ1) is 6.88. The van der Waals surface area contributed by atoms with Crippen LogP contribution in [0.3, 0.4) is 0 Å². The SMILES string of the molecule is CCCC(NCCO)C1CCCCC1. The third-order valence-electron chi connectivity index (χ3n) is 3.34. The molecule has 1 fully saturated rings. The first kappa shape index (κ1) is 12.0. The van der Waals surface area contributed by atoms with Gasteiger partial charge in [0, 0.05) is 12.6 Å². The zero-order valence-corrected chi connectivity index (χ0v) is 9.47. The number of aliphatic hydroxyl groups is 1. The smallest absolute Gasteiger partial charge is 0.0556 e. The van der Waals surface area contributed by atoms with Gasteiger partial charge in [-0.05, 0) is 25.2 Å². The summed E-state index contributed by atoms with van der Waals surface area (Å²) in [5.74, 6) is 0.871. The van der Waals surface area contributed by atoms with Crippen molar-refractivity contribution in [2.45, 2.75) is 57.9 Å². The third-order valence-corrected chi connectivity index (χ3v) is 3.34. The quantitative estimate of drug-likeness (QED) is 0.688. The molecule has 0 amide bonds. The van der Waals surface area contributed by atoms with Gasteiger partial charge in [-0.25, -0.2) is 0 Å². The Kier molecular flexibility index (Phi) is 6.20. The lowest BCUT2D eigenvalue weighted by Crippen LogP contribution is -2.38. The van der Waals surface area contributed by atoms with Gasteiger partial charge in [0.25, 0.3) is 0 Å². The van der Waals surface area contributed by atoms with Gasteiger partial charge in [-0.3, -0.25) is 0 Å². The molecule has 0 spiro atoms. The van der Waals surface area contributed by atoms with E-state index in [1.165, 1.54) is 44.9 Å². The van der Waals surface area contributed by atoms with Crippen molar-refractivity contribution in [2.75, 3.05) is 13.2 Å². The molecule has 14 heavy (non-hydrogen) atoms. The molecule has 0 heterocycles. The summed E-state index contributed by atoms with van der Waals surface area (Å²) in [5.41, 5.74) is 0. The Bertz CT molecular complexity index is 132. The van der Waals surface area contributed by atoms with Crippen LogP contribution in [0, 0.1) is 5.92 Å². The van der Waals surface area contributed by atoms with Crippen LogP contribution in [0.4, 0.5) is 0 Å². The maximum absolute atomic E-state index is 8.82. The molecule has 2 heteroatoms. The highest BCUT2D eigenvalue weighted by atomic mass is 16.3. The van der Waals surface area contributed by atoms with Gasteiger partial charge in [-0.1, -0.05) is 32.6 Å². The minimum Gasteiger partial charge on any atom is -0.395 e. The summed E-state index contributed by atoms with van der Waals surface area (Å²) in [6.07, 6.45) is 9.54. The maximum atomic E-state index is 8.82. The van der Waals surface area contributed by atoms with E-state index in [0.29, 0.717) is 6.04 Å². The van der Waals surface area contributed by atoms with Gasteiger partial charge in [-0.15, -0.1) is 0 Å². The van der Waals surface area contributed by atoms with Gasteiger partial charge in [-0.2, -0.15) is 0 Å². The molecule has 1 rings (SSSR count). The Morgan fingerprint density at radius 1 is 1.29 bits per heavy atom. The molecule has 0 aromatic heterocycles. The summed E-state index contributed by atoms with van der Waals surface area (Å²) < 4.78 is 0. The van der Waals surface area contributed by atoms with Crippen molar-refractivity contribution >= 4 is 0 Å². The Balaban J connectivity index is 2.30. The van der Waals surface area contributed by atoms with Crippen molar-refractivity contribution in [2.24, 2.45) is 5.92 Å². The highest BCUT2D eigenvalue weighted by Gasteiger charge is 2.21. The zero-order chi connectivity index (χ0) is 10.2. The molecule has 0 saturated heterocycles. The number of nitrogens with one attached hydrogen (secondary N) is 1. The average Bonchev–Trinajstić information content (AvgIpc) is 2.25. The van der Waals surface area contributed by atoms with Gasteiger partial charge in [0.2, 0.25) is 0 Å². The lowest BCUT2D eigenvalue weighted by molar-refractivity contribution is 0.230. The minimum absolute atomic E-state index is 0.271. The lowest BCUT2D eigenvalue weighted by Gasteiger charge is -2.30. The Morgan fingerprint density at radius 3 is 2.57 bits per heavy atom. The minimum atomic E-state index is 0.271. The van der Waals surface area contributed by atoms with Crippen LogP contribution in [0.15, 0.2) is 0 Å². The molecule has 0 aromatic carbocycles. The second kappa shape index (κ2) is 7.24. The van der Waals surface area contributed by atoms with Crippen molar-refractivity contribution in [1.82, 2.24) is 5.32 Å². The molecule has 2 nitrogen and oxygen atoms in total. The van der Waals surface area contributed by atoms with E-state index >= 15 is 0 Å². The van der Waals surface area contributed by atoms with Crippen LogP contribution in [-0.4, -0.2) is 24.3 Å². The van der Waals surface area contributed by atoms with Crippen LogP contribution in [0.1, 0.15) is 51.9 Å². The molecule has 1 aliphatic carbocycles. The summed E-state index contributed by atoms with van der Waals surface area (Å²) in [7, 11) is 0. The van der Waals surface area contributed by atoms with E-state index in [-0.39, 0.29) is 6.61 Å². The topological polar surface area (TPSA) is 32.3 Å². The van der Waals surface area contributed by atoms with E-state index in [1.54, 1.807) is 0 Å². The molecular formula is C12H25NO. The highest BCUT2D eigenvalue weighted by molar-refractivity contribution is 4.78. The van der Waals surface area contributed by atoms with Crippen LogP contribution in [0.25, 0.3) is 0 Å². The molecule has 1 unspecified atom stereocenters. The molecule has 0 aliphatic heterocycles. The molecule has 0 radical (unpaired) electrons. The number of aliphatic hydroxyl groups excluding tert-OH is 1. The van der Waals surface area contributed by atoms with Crippen LogP contribution >= 0.6 is 0 Å². The van der Waals surface area contributed by atoms with Gasteiger partial charge in [0.1, 0.15) is 0 Å². The molecule has 0 bridgehead atoms. The molecular weight excluding hydrogens is 174 g/mol. The molecule has 2 N–H and O–H groups in total. The summed E-state index contributed by atoms with van der Waals surface area (Å²) >= 11 is 0. The standard InChI is InChI=1S/C12H25NO/c1-2-6-12(13-9-10-14)11-7-4-3-5-8-11/h11-14H,2-10H2,1H3. The zero-order valence-electron chi connectivity index (χ0n) is 9.47. The highest BCUT2D eigenvalue weighted by Crippen LogP contribution is 2.28. The second-order valence-corrected chi connectivity index (χ2v) is 4.47. The molecule has 84 valence electrons. The molecule has 1 saturated carbocycles. The summed E-state index contributed by atoms with van der Waals surface area (Å²) in [4.78, 5) is 0. The van der Waals surface area contributed by atoms with Crippen molar-refractivity contribution in [3.05, 3.63) is 0 Å². The number of hydrogen-bond acceptors (Lipinski definition) is 2. The Labute approximate surface area is 88.1 Å². The second-order valence-electron chi connectivity index (χ2n) is 4.47. The van der Waals surface area contributed by atoms with Gasteiger partial charge >= 0.3 is 0 Å². The average molecular weight is 199 g/mol. The van der Waals surface area contributed by atoms with Crippen LogP contribution in [-0.2, 0) is 0 Å². The molecule has 1 aliphatic rings. The van der Waals surface area contributed by atoms with Crippen molar-refractivity contribution in [3.63, 3.8) is 0 Å². The van der Waals surface area contributed by atoms with E-state index < -0.39 is 0 Å². The van der Waals surface area contributed by atoms with Gasteiger partial charge in [0.05, 0.1) is 6.61 Å². The molecule has 1 atom stereocenters. The third kappa shape index (κ3) is 3.97. The number of hydrogen-bond donors (Lipinski definition) is 2. The van der Waals surface area contributed by atoms with E-state index in [4.69, 9.17) is 5.11 Å². The summed E-state index contributed by atoms with van der Waals surface area (Å²) in [5, 5.41) is 12.3. The van der Waals surface area contributed by atoms with Crippen molar-refractivity contribution in [1.29, 1.82) is 0 Å². The van der Waals surface area contributed by atoms with E-state index in [0.717, 1.165) is 12.5 Å². The first-order valence-corrected chi connectivity index (χ1v) is 6.22. The maximum Gasteiger partial charge on any atom is 0.0556 e. The molecule has 0 aromatic rings. The fraction of sp³-hybridized carbons (Fsp3) is 1.00. The normalized spacial score (nSPS) is 21.0. The predicted molar refractivity (Wildman–Crippen MR) is 60.4 cm³/mol. The van der Waals surface area contributed by atoms with E-state index in [2.05, 4.69) is 12.2 Å². The first-order valence-electron chi connectivity index (χ1n) is 6.22. The van der Waals surface area contributed by atoms with E-state index in [1.807, 2.05) is 0 Å². The summed E-state index contributed by atoms with van der Waals surface area (Å²) in [6, 6.07) is 0.660. The monoisotopic (exact) mass is 199 g/mol. The Morgan fingerprint density at radius 2 is 2.00 bits per heavy atom. The fourth-order valence-electron chi connectivity index (χ4n) is 2.60. The van der Waals surface area contributed by atoms with Gasteiger partial charge in [0.15, 0.2) is 0 Å². The lowest BCUT2D eigenvalue weighted by atomic mass is 9.82. The number of rotatable bonds is 6. The van der Waals surface area contributed by atoms with Crippen LogP contribution in [0.2, 0.25) is 0 Å². The van der Waals surface area contributed by atoms with Crippen LogP contribution in [0.5, 0.6) is 0 Å². The largest absolute Gasteiger partial charge is 0.395 e.